The van der Waals surface area contributed by atoms with E-state index in [4.69, 9.17) is 11.6 Å². The molecule has 3 rings (SSSR count). The number of aromatic nitrogens is 4. The molecule has 2 aromatic heterocycles. The Morgan fingerprint density at radius 2 is 2.05 bits per heavy atom. The molecule has 19 heavy (non-hydrogen) atoms. The molecule has 2 heterocycles. The molecule has 0 fully saturated rings. The molecule has 0 spiro atoms. The molecule has 0 radical (unpaired) electrons. The predicted octanol–water partition coefficient (Wildman–Crippen LogP) is 3.29. The van der Waals surface area contributed by atoms with Crippen LogP contribution in [0.5, 0.6) is 0 Å². The standard InChI is InChI=1S/C12H11ClN4S2/c1-18-7-10-14-15-12-17(10)16-11(19-12)6-8-2-4-9(13)5-3-8/h2-5H,6-7H2,1H3. The zero-order valence-electron chi connectivity index (χ0n) is 10.2. The Hall–Kier alpha value is -1.11. The van der Waals surface area contributed by atoms with Crippen LogP contribution in [0.15, 0.2) is 24.3 Å². The Labute approximate surface area is 123 Å². The highest BCUT2D eigenvalue weighted by molar-refractivity contribution is 7.97. The summed E-state index contributed by atoms with van der Waals surface area (Å²) in [4.78, 5) is 0.855. The number of thioether (sulfide) groups is 1. The number of fused-ring (bicyclic) bond motifs is 1. The molecule has 0 amide bonds. The normalized spacial score (nSPS) is 11.3. The highest BCUT2D eigenvalue weighted by Gasteiger charge is 2.11. The van der Waals surface area contributed by atoms with Crippen molar-refractivity contribution in [2.24, 2.45) is 0 Å². The molecule has 98 valence electrons. The van der Waals surface area contributed by atoms with Gasteiger partial charge in [-0.3, -0.25) is 0 Å². The quantitative estimate of drug-likeness (QED) is 0.741. The van der Waals surface area contributed by atoms with E-state index in [9.17, 15) is 0 Å². The van der Waals surface area contributed by atoms with Gasteiger partial charge in [-0.05, 0) is 24.0 Å². The average molecular weight is 311 g/mol. The van der Waals surface area contributed by atoms with E-state index in [0.717, 1.165) is 33.0 Å². The fraction of sp³-hybridized carbons (Fsp3) is 0.250. The first-order valence-corrected chi connectivity index (χ1v) is 8.28. The zero-order valence-corrected chi connectivity index (χ0v) is 12.6. The molecule has 0 saturated heterocycles. The molecular formula is C12H11ClN4S2. The highest BCUT2D eigenvalue weighted by Crippen LogP contribution is 2.19. The van der Waals surface area contributed by atoms with E-state index in [-0.39, 0.29) is 0 Å². The van der Waals surface area contributed by atoms with Crippen molar-refractivity contribution in [3.8, 4) is 0 Å². The van der Waals surface area contributed by atoms with E-state index in [1.807, 2.05) is 35.0 Å². The summed E-state index contributed by atoms with van der Waals surface area (Å²) in [5.41, 5.74) is 1.20. The van der Waals surface area contributed by atoms with Crippen LogP contribution in [0, 0.1) is 0 Å². The summed E-state index contributed by atoms with van der Waals surface area (Å²) in [5, 5.41) is 14.6. The van der Waals surface area contributed by atoms with Gasteiger partial charge in [0, 0.05) is 11.4 Å². The maximum absolute atomic E-state index is 5.88. The van der Waals surface area contributed by atoms with Crippen molar-refractivity contribution < 1.29 is 0 Å². The largest absolute Gasteiger partial charge is 0.234 e. The maximum Gasteiger partial charge on any atom is 0.234 e. The van der Waals surface area contributed by atoms with Crippen LogP contribution < -0.4 is 0 Å². The minimum Gasteiger partial charge on any atom is -0.186 e. The molecule has 7 heteroatoms. The number of nitrogens with zero attached hydrogens (tertiary/aromatic N) is 4. The number of hydrogen-bond donors (Lipinski definition) is 0. The molecule has 4 nitrogen and oxygen atoms in total. The van der Waals surface area contributed by atoms with Gasteiger partial charge < -0.3 is 0 Å². The van der Waals surface area contributed by atoms with Gasteiger partial charge in [-0.15, -0.1) is 10.2 Å². The fourth-order valence-corrected chi connectivity index (χ4v) is 3.22. The Kier molecular flexibility index (Phi) is 3.72. The third-order valence-electron chi connectivity index (χ3n) is 2.64. The lowest BCUT2D eigenvalue weighted by Gasteiger charge is -1.97. The Balaban J connectivity index is 1.87. The van der Waals surface area contributed by atoms with Gasteiger partial charge in [-0.2, -0.15) is 21.4 Å². The van der Waals surface area contributed by atoms with Crippen LogP contribution in [0.2, 0.25) is 5.02 Å². The van der Waals surface area contributed by atoms with Crippen molar-refractivity contribution in [3.63, 3.8) is 0 Å². The number of rotatable bonds is 4. The van der Waals surface area contributed by atoms with Gasteiger partial charge in [0.15, 0.2) is 5.82 Å². The smallest absolute Gasteiger partial charge is 0.186 e. The van der Waals surface area contributed by atoms with Crippen molar-refractivity contribution >= 4 is 39.7 Å². The van der Waals surface area contributed by atoms with Crippen LogP contribution in [-0.4, -0.2) is 26.1 Å². The number of halogens is 1. The van der Waals surface area contributed by atoms with E-state index in [0.29, 0.717) is 0 Å². The second-order valence-electron chi connectivity index (χ2n) is 4.04. The monoisotopic (exact) mass is 310 g/mol. The van der Waals surface area contributed by atoms with Gasteiger partial charge in [0.25, 0.3) is 0 Å². The number of hydrogen-bond acceptors (Lipinski definition) is 5. The van der Waals surface area contributed by atoms with Crippen LogP contribution in [-0.2, 0) is 12.2 Å². The molecule has 3 aromatic rings. The molecule has 0 saturated carbocycles. The zero-order chi connectivity index (χ0) is 13.2. The molecule has 0 N–H and O–H groups in total. The van der Waals surface area contributed by atoms with Gasteiger partial charge in [-0.25, -0.2) is 0 Å². The molecule has 0 aliphatic heterocycles. The molecule has 0 aliphatic rings. The second kappa shape index (κ2) is 5.48. The maximum atomic E-state index is 5.88. The lowest BCUT2D eigenvalue weighted by molar-refractivity contribution is 0.856. The predicted molar refractivity (Wildman–Crippen MR) is 80.1 cm³/mol. The first-order chi connectivity index (χ1) is 9.26. The lowest BCUT2D eigenvalue weighted by atomic mass is 10.2. The minimum absolute atomic E-state index is 0.754. The minimum atomic E-state index is 0.754. The highest BCUT2D eigenvalue weighted by atomic mass is 35.5. The number of benzene rings is 1. The molecule has 0 unspecified atom stereocenters. The lowest BCUT2D eigenvalue weighted by Crippen LogP contribution is -1.95. The SMILES string of the molecule is CSCc1nnc2sc(Cc3ccc(Cl)cc3)nn12. The van der Waals surface area contributed by atoms with Crippen molar-refractivity contribution in [2.45, 2.75) is 12.2 Å². The molecule has 0 bridgehead atoms. The van der Waals surface area contributed by atoms with E-state index in [1.165, 1.54) is 5.56 Å². The van der Waals surface area contributed by atoms with Crippen molar-refractivity contribution in [1.82, 2.24) is 19.8 Å². The van der Waals surface area contributed by atoms with Gasteiger partial charge >= 0.3 is 0 Å². The van der Waals surface area contributed by atoms with E-state index < -0.39 is 0 Å². The van der Waals surface area contributed by atoms with Gasteiger partial charge in [0.1, 0.15) is 5.01 Å². The first-order valence-electron chi connectivity index (χ1n) is 5.69. The van der Waals surface area contributed by atoms with Gasteiger partial charge in [-0.1, -0.05) is 35.1 Å². The second-order valence-corrected chi connectivity index (χ2v) is 6.39. The summed E-state index contributed by atoms with van der Waals surface area (Å²) in [6.07, 6.45) is 2.84. The third-order valence-corrected chi connectivity index (χ3v) is 4.34. The first kappa shape index (κ1) is 12.9. The third kappa shape index (κ3) is 2.75. The summed E-state index contributed by atoms with van der Waals surface area (Å²) >= 11 is 9.17. The van der Waals surface area contributed by atoms with Crippen LogP contribution >= 0.6 is 34.7 Å². The average Bonchev–Trinajstić information content (AvgIpc) is 2.94. The van der Waals surface area contributed by atoms with Crippen LogP contribution in [0.3, 0.4) is 0 Å². The van der Waals surface area contributed by atoms with Crippen LogP contribution in [0.25, 0.3) is 4.96 Å². The summed E-state index contributed by atoms with van der Waals surface area (Å²) in [5.74, 6) is 1.73. The van der Waals surface area contributed by atoms with Crippen molar-refractivity contribution in [1.29, 1.82) is 0 Å². The van der Waals surface area contributed by atoms with E-state index in [1.54, 1.807) is 23.1 Å². The summed E-state index contributed by atoms with van der Waals surface area (Å²) in [7, 11) is 0. The topological polar surface area (TPSA) is 43.1 Å². The molecule has 0 atom stereocenters. The summed E-state index contributed by atoms with van der Waals surface area (Å²) in [6, 6.07) is 7.84. The Bertz CT molecular complexity index is 689. The van der Waals surface area contributed by atoms with Gasteiger partial charge in [0.2, 0.25) is 4.96 Å². The molecule has 1 aromatic carbocycles. The summed E-state index contributed by atoms with van der Waals surface area (Å²) < 4.78 is 1.84. The van der Waals surface area contributed by atoms with Crippen molar-refractivity contribution in [2.75, 3.05) is 6.26 Å². The van der Waals surface area contributed by atoms with Crippen LogP contribution in [0.1, 0.15) is 16.4 Å². The fourth-order valence-electron chi connectivity index (χ4n) is 1.76. The van der Waals surface area contributed by atoms with E-state index >= 15 is 0 Å². The summed E-state index contributed by atoms with van der Waals surface area (Å²) in [6.45, 7) is 0. The molecule has 0 aliphatic carbocycles. The van der Waals surface area contributed by atoms with Gasteiger partial charge in [0.05, 0.1) is 5.75 Å². The Morgan fingerprint density at radius 1 is 1.26 bits per heavy atom. The van der Waals surface area contributed by atoms with Crippen molar-refractivity contribution in [3.05, 3.63) is 45.7 Å². The molecular weight excluding hydrogens is 300 g/mol. The Morgan fingerprint density at radius 3 is 2.79 bits per heavy atom. The van der Waals surface area contributed by atoms with Crippen LogP contribution in [0.4, 0.5) is 0 Å². The van der Waals surface area contributed by atoms with E-state index in [2.05, 4.69) is 15.3 Å².